The van der Waals surface area contributed by atoms with Crippen molar-refractivity contribution in [2.75, 3.05) is 20.8 Å². The van der Waals surface area contributed by atoms with Gasteiger partial charge in [-0.3, -0.25) is 0 Å². The maximum atomic E-state index is 11.8. The predicted octanol–water partition coefficient (Wildman–Crippen LogP) is 2.23. The van der Waals surface area contributed by atoms with Crippen molar-refractivity contribution < 1.29 is 14.3 Å². The molecule has 0 saturated heterocycles. The van der Waals surface area contributed by atoms with E-state index in [1.54, 1.807) is 19.5 Å². The molecule has 0 fully saturated rings. The summed E-state index contributed by atoms with van der Waals surface area (Å²) >= 11 is 3.36. The van der Waals surface area contributed by atoms with Gasteiger partial charge in [0.1, 0.15) is 0 Å². The van der Waals surface area contributed by atoms with Crippen LogP contribution in [-0.2, 0) is 16.0 Å². The van der Waals surface area contributed by atoms with Gasteiger partial charge in [-0.1, -0.05) is 15.9 Å². The molecule has 5 nitrogen and oxygen atoms in total. The molecule has 6 heteroatoms. The predicted molar refractivity (Wildman–Crippen MR) is 70.6 cm³/mol. The SMILES string of the molecule is COCCn1cnc2cc(Br)cc(C(=O)OC)c21. The second-order valence-corrected chi connectivity index (χ2v) is 4.66. The summed E-state index contributed by atoms with van der Waals surface area (Å²) in [5.74, 6) is -0.375. The number of methoxy groups -OCH3 is 2. The second-order valence-electron chi connectivity index (χ2n) is 3.74. The molecule has 0 aliphatic heterocycles. The molecule has 0 radical (unpaired) electrons. The minimum Gasteiger partial charge on any atom is -0.465 e. The van der Waals surface area contributed by atoms with Crippen LogP contribution in [0.3, 0.4) is 0 Å². The number of hydrogen-bond acceptors (Lipinski definition) is 4. The molecule has 0 atom stereocenters. The summed E-state index contributed by atoms with van der Waals surface area (Å²) in [5.41, 5.74) is 2.01. The summed E-state index contributed by atoms with van der Waals surface area (Å²) in [6, 6.07) is 3.60. The van der Waals surface area contributed by atoms with Crippen LogP contribution in [0, 0.1) is 0 Å². The zero-order valence-electron chi connectivity index (χ0n) is 10.1. The van der Waals surface area contributed by atoms with E-state index in [1.807, 2.05) is 10.6 Å². The third kappa shape index (κ3) is 2.39. The lowest BCUT2D eigenvalue weighted by Gasteiger charge is -2.07. The maximum Gasteiger partial charge on any atom is 0.340 e. The van der Waals surface area contributed by atoms with Crippen LogP contribution in [0.2, 0.25) is 0 Å². The molecule has 0 bridgehead atoms. The van der Waals surface area contributed by atoms with E-state index < -0.39 is 0 Å². The molecular weight excluding hydrogens is 300 g/mol. The van der Waals surface area contributed by atoms with Crippen molar-refractivity contribution >= 4 is 32.9 Å². The average Bonchev–Trinajstić information content (AvgIpc) is 2.77. The van der Waals surface area contributed by atoms with Crippen LogP contribution in [-0.4, -0.2) is 36.3 Å². The van der Waals surface area contributed by atoms with Crippen LogP contribution >= 0.6 is 15.9 Å². The smallest absolute Gasteiger partial charge is 0.340 e. The lowest BCUT2D eigenvalue weighted by Crippen LogP contribution is -2.08. The molecule has 1 aromatic carbocycles. The van der Waals surface area contributed by atoms with Gasteiger partial charge in [0.25, 0.3) is 0 Å². The Morgan fingerprint density at radius 3 is 2.89 bits per heavy atom. The lowest BCUT2D eigenvalue weighted by molar-refractivity contribution is 0.0602. The molecule has 1 aromatic heterocycles. The Kier molecular flexibility index (Phi) is 3.98. The van der Waals surface area contributed by atoms with Crippen molar-refractivity contribution in [1.29, 1.82) is 0 Å². The molecule has 0 amide bonds. The quantitative estimate of drug-likeness (QED) is 0.812. The first-order chi connectivity index (χ1) is 8.67. The third-order valence-electron chi connectivity index (χ3n) is 2.62. The fourth-order valence-electron chi connectivity index (χ4n) is 1.80. The number of esters is 1. The summed E-state index contributed by atoms with van der Waals surface area (Å²) in [6.45, 7) is 1.20. The number of rotatable bonds is 4. The summed E-state index contributed by atoms with van der Waals surface area (Å²) in [7, 11) is 3.00. The van der Waals surface area contributed by atoms with E-state index >= 15 is 0 Å². The van der Waals surface area contributed by atoms with E-state index in [2.05, 4.69) is 20.9 Å². The lowest BCUT2D eigenvalue weighted by atomic mass is 10.2. The van der Waals surface area contributed by atoms with Crippen molar-refractivity contribution in [1.82, 2.24) is 9.55 Å². The highest BCUT2D eigenvalue weighted by atomic mass is 79.9. The maximum absolute atomic E-state index is 11.8. The minimum atomic E-state index is -0.375. The van der Waals surface area contributed by atoms with Crippen LogP contribution in [0.4, 0.5) is 0 Å². The first-order valence-corrected chi connectivity index (χ1v) is 6.18. The minimum absolute atomic E-state index is 0.375. The Labute approximate surface area is 113 Å². The largest absolute Gasteiger partial charge is 0.465 e. The van der Waals surface area contributed by atoms with Gasteiger partial charge in [-0.2, -0.15) is 0 Å². The fourth-order valence-corrected chi connectivity index (χ4v) is 2.25. The van der Waals surface area contributed by atoms with E-state index in [-0.39, 0.29) is 5.97 Å². The molecule has 0 N–H and O–H groups in total. The summed E-state index contributed by atoms with van der Waals surface area (Å²) in [5, 5.41) is 0. The van der Waals surface area contributed by atoms with Gasteiger partial charge < -0.3 is 14.0 Å². The van der Waals surface area contributed by atoms with Crippen LogP contribution in [0.5, 0.6) is 0 Å². The van der Waals surface area contributed by atoms with Gasteiger partial charge in [0, 0.05) is 18.1 Å². The van der Waals surface area contributed by atoms with E-state index in [1.165, 1.54) is 7.11 Å². The van der Waals surface area contributed by atoms with Crippen molar-refractivity contribution in [3.63, 3.8) is 0 Å². The average molecular weight is 313 g/mol. The zero-order chi connectivity index (χ0) is 13.1. The van der Waals surface area contributed by atoms with Gasteiger partial charge >= 0.3 is 5.97 Å². The van der Waals surface area contributed by atoms with Gasteiger partial charge in [-0.15, -0.1) is 0 Å². The number of benzene rings is 1. The molecule has 0 aliphatic carbocycles. The van der Waals surface area contributed by atoms with Gasteiger partial charge in [-0.25, -0.2) is 9.78 Å². The molecule has 2 aromatic rings. The van der Waals surface area contributed by atoms with E-state index in [0.29, 0.717) is 18.7 Å². The molecular formula is C12H13BrN2O3. The van der Waals surface area contributed by atoms with Crippen LogP contribution in [0.1, 0.15) is 10.4 Å². The Morgan fingerprint density at radius 1 is 1.44 bits per heavy atom. The molecule has 0 aliphatic rings. The van der Waals surface area contributed by atoms with Gasteiger partial charge in [-0.05, 0) is 12.1 Å². The number of ether oxygens (including phenoxy) is 2. The molecule has 1 heterocycles. The zero-order valence-corrected chi connectivity index (χ0v) is 11.7. The Morgan fingerprint density at radius 2 is 2.22 bits per heavy atom. The summed E-state index contributed by atoms with van der Waals surface area (Å²) < 4.78 is 12.5. The molecule has 2 rings (SSSR count). The third-order valence-corrected chi connectivity index (χ3v) is 3.08. The number of nitrogens with zero attached hydrogens (tertiary/aromatic N) is 2. The normalized spacial score (nSPS) is 10.8. The van der Waals surface area contributed by atoms with Gasteiger partial charge in [0.15, 0.2) is 0 Å². The number of hydrogen-bond donors (Lipinski definition) is 0. The standard InChI is InChI=1S/C12H13BrN2O3/c1-17-4-3-15-7-14-10-6-8(13)5-9(11(10)15)12(16)18-2/h5-7H,3-4H2,1-2H3. The highest BCUT2D eigenvalue weighted by Gasteiger charge is 2.16. The Balaban J connectivity index is 2.58. The Bertz CT molecular complexity index is 580. The Hall–Kier alpha value is -1.40. The molecule has 18 heavy (non-hydrogen) atoms. The van der Waals surface area contributed by atoms with Gasteiger partial charge in [0.2, 0.25) is 0 Å². The number of carbonyl (C=O) groups is 1. The second kappa shape index (κ2) is 5.49. The molecule has 96 valence electrons. The number of carbonyl (C=O) groups excluding carboxylic acids is 1. The molecule has 0 unspecified atom stereocenters. The highest BCUT2D eigenvalue weighted by molar-refractivity contribution is 9.10. The van der Waals surface area contributed by atoms with E-state index in [9.17, 15) is 4.79 Å². The van der Waals surface area contributed by atoms with Crippen molar-refractivity contribution in [3.05, 3.63) is 28.5 Å². The van der Waals surface area contributed by atoms with Crippen LogP contribution < -0.4 is 0 Å². The molecule has 0 spiro atoms. The number of aromatic nitrogens is 2. The van der Waals surface area contributed by atoms with E-state index in [0.717, 1.165) is 15.5 Å². The van der Waals surface area contributed by atoms with Crippen LogP contribution in [0.15, 0.2) is 22.9 Å². The fraction of sp³-hybridized carbons (Fsp3) is 0.333. The van der Waals surface area contributed by atoms with Crippen molar-refractivity contribution in [2.24, 2.45) is 0 Å². The van der Waals surface area contributed by atoms with Crippen molar-refractivity contribution in [2.45, 2.75) is 6.54 Å². The summed E-state index contributed by atoms with van der Waals surface area (Å²) in [6.07, 6.45) is 1.70. The monoisotopic (exact) mass is 312 g/mol. The summed E-state index contributed by atoms with van der Waals surface area (Å²) in [4.78, 5) is 16.1. The first-order valence-electron chi connectivity index (χ1n) is 5.39. The topological polar surface area (TPSA) is 53.4 Å². The van der Waals surface area contributed by atoms with E-state index in [4.69, 9.17) is 9.47 Å². The number of fused-ring (bicyclic) bond motifs is 1. The van der Waals surface area contributed by atoms with Crippen molar-refractivity contribution in [3.8, 4) is 0 Å². The first kappa shape index (κ1) is 13.0. The number of imidazole rings is 1. The van der Waals surface area contributed by atoms with Gasteiger partial charge in [0.05, 0.1) is 36.6 Å². The molecule has 0 saturated carbocycles. The number of halogens is 1. The van der Waals surface area contributed by atoms with Crippen LogP contribution in [0.25, 0.3) is 11.0 Å². The highest BCUT2D eigenvalue weighted by Crippen LogP contribution is 2.24.